The monoisotopic (exact) mass is 455 g/mol. The van der Waals surface area contributed by atoms with Crippen LogP contribution < -0.4 is 15.2 Å². The molecule has 0 aliphatic heterocycles. The fourth-order valence-electron chi connectivity index (χ4n) is 2.92. The number of carboxylic acids is 1. The second-order valence-corrected chi connectivity index (χ2v) is 6.97. The number of hydrogen-bond donors (Lipinski definition) is 2. The largest absolute Gasteiger partial charge is 0.513 e. The van der Waals surface area contributed by atoms with E-state index in [1.165, 1.54) is 18.2 Å². The smallest absolute Gasteiger partial charge is 0.480 e. The average Bonchev–Trinajstić information content (AvgIpc) is 2.77. The number of methoxy groups -OCH3 is 2. The van der Waals surface area contributed by atoms with E-state index in [2.05, 4.69) is 9.47 Å². The first-order chi connectivity index (χ1) is 15.1. The van der Waals surface area contributed by atoms with Crippen LogP contribution in [0.4, 0.5) is 9.59 Å². The summed E-state index contributed by atoms with van der Waals surface area (Å²) in [6, 6.07) is 2.70. The van der Waals surface area contributed by atoms with Gasteiger partial charge in [-0.25, -0.2) is 9.59 Å². The highest BCUT2D eigenvalue weighted by atomic mass is 16.7. The fourth-order valence-corrected chi connectivity index (χ4v) is 2.92. The predicted molar refractivity (Wildman–Crippen MR) is 111 cm³/mol. The van der Waals surface area contributed by atoms with Gasteiger partial charge in [-0.1, -0.05) is 26.3 Å². The van der Waals surface area contributed by atoms with Crippen molar-refractivity contribution in [2.75, 3.05) is 20.8 Å². The van der Waals surface area contributed by atoms with E-state index in [9.17, 15) is 24.3 Å². The predicted octanol–water partition coefficient (Wildman–Crippen LogP) is 2.84. The van der Waals surface area contributed by atoms with Crippen LogP contribution in [-0.2, 0) is 23.8 Å². The molecule has 0 saturated carbocycles. The summed E-state index contributed by atoms with van der Waals surface area (Å²) in [5.41, 5.74) is 6.27. The third-order valence-corrected chi connectivity index (χ3v) is 4.60. The number of ether oxygens (including phenoxy) is 5. The van der Waals surface area contributed by atoms with Crippen molar-refractivity contribution in [3.8, 4) is 11.5 Å². The first-order valence-electron chi connectivity index (χ1n) is 9.94. The number of carboxylic acid groups (broad SMARTS) is 1. The standard InChI is InChI=1S/C21H29NO10/c1-5-6-7-16(23)30-11-12(2)17(18(22)19(24)25)13-8-9-14(31-20(26)28-3)15(10-13)32-21(27)29-4/h8-10,12,17-18H,5-7,11,22H2,1-4H3,(H,24,25)/t12?,17?,18-/m0/s1. The maximum atomic E-state index is 11.9. The van der Waals surface area contributed by atoms with Crippen LogP contribution in [0.1, 0.15) is 44.6 Å². The molecule has 3 N–H and O–H groups in total. The minimum atomic E-state index is -1.36. The van der Waals surface area contributed by atoms with Crippen LogP contribution in [0.3, 0.4) is 0 Å². The van der Waals surface area contributed by atoms with Crippen molar-refractivity contribution in [1.82, 2.24) is 0 Å². The summed E-state index contributed by atoms with van der Waals surface area (Å²) in [4.78, 5) is 46.6. The molecule has 0 aliphatic rings. The van der Waals surface area contributed by atoms with Gasteiger partial charge in [0.15, 0.2) is 11.5 Å². The molecule has 0 aliphatic carbocycles. The van der Waals surface area contributed by atoms with Gasteiger partial charge in [-0.15, -0.1) is 0 Å². The van der Waals surface area contributed by atoms with Gasteiger partial charge in [0, 0.05) is 12.3 Å². The maximum Gasteiger partial charge on any atom is 0.513 e. The molecule has 0 spiro atoms. The topological polar surface area (TPSA) is 161 Å². The molecule has 0 radical (unpaired) electrons. The van der Waals surface area contributed by atoms with Gasteiger partial charge in [-0.2, -0.15) is 0 Å². The van der Waals surface area contributed by atoms with Crippen LogP contribution in [0.2, 0.25) is 0 Å². The minimum absolute atomic E-state index is 0.0677. The first-order valence-corrected chi connectivity index (χ1v) is 9.94. The molecule has 0 fully saturated rings. The summed E-state index contributed by atoms with van der Waals surface area (Å²) in [7, 11) is 2.19. The Balaban J connectivity index is 3.25. The molecule has 3 atom stereocenters. The van der Waals surface area contributed by atoms with E-state index in [0.717, 1.165) is 20.6 Å². The van der Waals surface area contributed by atoms with Crippen molar-refractivity contribution in [2.45, 2.75) is 45.1 Å². The second-order valence-electron chi connectivity index (χ2n) is 6.97. The van der Waals surface area contributed by atoms with Gasteiger partial charge >= 0.3 is 24.2 Å². The Morgan fingerprint density at radius 2 is 1.62 bits per heavy atom. The van der Waals surface area contributed by atoms with Gasteiger partial charge in [-0.05, 0) is 30.0 Å². The SMILES string of the molecule is CCCCC(=O)OCC(C)C(c1ccc(OC(=O)OC)c(OC(=O)OC)c1)[C@H](N)C(=O)O. The molecular weight excluding hydrogens is 426 g/mol. The zero-order valence-corrected chi connectivity index (χ0v) is 18.5. The molecule has 1 aromatic carbocycles. The number of esters is 1. The Labute approximate surface area is 185 Å². The zero-order chi connectivity index (χ0) is 24.3. The summed E-state index contributed by atoms with van der Waals surface area (Å²) in [5, 5.41) is 9.49. The zero-order valence-electron chi connectivity index (χ0n) is 18.5. The van der Waals surface area contributed by atoms with Crippen LogP contribution in [0.15, 0.2) is 18.2 Å². The molecule has 32 heavy (non-hydrogen) atoms. The van der Waals surface area contributed by atoms with Crippen molar-refractivity contribution >= 4 is 24.2 Å². The lowest BCUT2D eigenvalue weighted by atomic mass is 9.82. The van der Waals surface area contributed by atoms with E-state index in [1.54, 1.807) is 6.92 Å². The highest BCUT2D eigenvalue weighted by molar-refractivity contribution is 5.75. The Hall–Kier alpha value is -3.34. The van der Waals surface area contributed by atoms with Crippen LogP contribution in [0.25, 0.3) is 0 Å². The van der Waals surface area contributed by atoms with Crippen molar-refractivity contribution in [3.63, 3.8) is 0 Å². The molecular formula is C21H29NO10. The van der Waals surface area contributed by atoms with E-state index in [0.29, 0.717) is 12.0 Å². The Morgan fingerprint density at radius 1 is 1.03 bits per heavy atom. The summed E-state index contributed by atoms with van der Waals surface area (Å²) in [6.07, 6.45) is -0.371. The maximum absolute atomic E-state index is 11.9. The molecule has 0 heterocycles. The van der Waals surface area contributed by atoms with Gasteiger partial charge in [0.1, 0.15) is 6.04 Å². The second kappa shape index (κ2) is 13.2. The number of hydrogen-bond acceptors (Lipinski definition) is 10. The van der Waals surface area contributed by atoms with Gasteiger partial charge in [0.25, 0.3) is 0 Å². The highest BCUT2D eigenvalue weighted by Crippen LogP contribution is 2.36. The number of carbonyl (C=O) groups excluding carboxylic acids is 3. The van der Waals surface area contributed by atoms with Gasteiger partial charge in [0.05, 0.1) is 20.8 Å². The molecule has 0 amide bonds. The van der Waals surface area contributed by atoms with Crippen LogP contribution >= 0.6 is 0 Å². The third-order valence-electron chi connectivity index (χ3n) is 4.60. The highest BCUT2D eigenvalue weighted by Gasteiger charge is 2.32. The molecule has 0 bridgehead atoms. The quantitative estimate of drug-likeness (QED) is 0.287. The van der Waals surface area contributed by atoms with E-state index >= 15 is 0 Å². The number of unbranched alkanes of at least 4 members (excludes halogenated alkanes) is 1. The van der Waals surface area contributed by atoms with Crippen LogP contribution in [-0.4, -0.2) is 56.2 Å². The van der Waals surface area contributed by atoms with E-state index in [4.69, 9.17) is 19.9 Å². The van der Waals surface area contributed by atoms with Gasteiger partial charge in [0.2, 0.25) is 0 Å². The average molecular weight is 455 g/mol. The van der Waals surface area contributed by atoms with Crippen molar-refractivity contribution in [2.24, 2.45) is 11.7 Å². The summed E-state index contributed by atoms with van der Waals surface area (Å²) < 4.78 is 24.1. The Morgan fingerprint density at radius 3 is 2.16 bits per heavy atom. The van der Waals surface area contributed by atoms with Crippen molar-refractivity contribution in [1.29, 1.82) is 0 Å². The molecule has 1 aromatic rings. The van der Waals surface area contributed by atoms with Crippen molar-refractivity contribution < 1.29 is 48.0 Å². The van der Waals surface area contributed by atoms with E-state index in [-0.39, 0.29) is 24.5 Å². The molecule has 178 valence electrons. The van der Waals surface area contributed by atoms with Crippen LogP contribution in [0, 0.1) is 5.92 Å². The number of nitrogens with two attached hydrogens (primary N) is 1. The number of benzene rings is 1. The minimum Gasteiger partial charge on any atom is -0.480 e. The lowest BCUT2D eigenvalue weighted by Crippen LogP contribution is -2.40. The van der Waals surface area contributed by atoms with Gasteiger partial charge in [-0.3, -0.25) is 9.59 Å². The number of rotatable bonds is 11. The van der Waals surface area contributed by atoms with Crippen LogP contribution in [0.5, 0.6) is 11.5 Å². The summed E-state index contributed by atoms with van der Waals surface area (Å²) >= 11 is 0. The van der Waals surface area contributed by atoms with Crippen molar-refractivity contribution in [3.05, 3.63) is 23.8 Å². The Bertz CT molecular complexity index is 810. The Kier molecular flexibility index (Phi) is 11.0. The molecule has 0 aromatic heterocycles. The number of aliphatic carboxylic acids is 1. The van der Waals surface area contributed by atoms with E-state index < -0.39 is 42.1 Å². The van der Waals surface area contributed by atoms with Gasteiger partial charge < -0.3 is 34.5 Å². The molecule has 0 saturated heterocycles. The molecule has 2 unspecified atom stereocenters. The molecule has 1 rings (SSSR count). The lowest BCUT2D eigenvalue weighted by molar-refractivity contribution is -0.145. The third kappa shape index (κ3) is 8.06. The molecule has 11 heteroatoms. The molecule has 11 nitrogen and oxygen atoms in total. The number of carbonyl (C=O) groups is 4. The van der Waals surface area contributed by atoms with E-state index in [1.807, 2.05) is 6.92 Å². The first kappa shape index (κ1) is 26.7. The fraction of sp³-hybridized carbons (Fsp3) is 0.524. The summed E-state index contributed by atoms with van der Waals surface area (Å²) in [6.45, 7) is 3.56. The lowest BCUT2D eigenvalue weighted by Gasteiger charge is -2.28. The normalized spacial score (nSPS) is 13.3. The summed E-state index contributed by atoms with van der Waals surface area (Å²) in [5.74, 6) is -3.38.